The fourth-order valence-electron chi connectivity index (χ4n) is 2.58. The average molecular weight is 383 g/mol. The van der Waals surface area contributed by atoms with Crippen molar-refractivity contribution in [2.45, 2.75) is 32.7 Å². The van der Waals surface area contributed by atoms with Crippen LogP contribution in [-0.2, 0) is 11.2 Å². The van der Waals surface area contributed by atoms with Crippen LogP contribution in [-0.4, -0.2) is 40.1 Å². The van der Waals surface area contributed by atoms with Crippen LogP contribution in [0.2, 0.25) is 0 Å². The second kappa shape index (κ2) is 9.22. The zero-order chi connectivity index (χ0) is 16.9. The highest BCUT2D eigenvalue weighted by atomic mass is 35.5. The Morgan fingerprint density at radius 3 is 3.00 bits per heavy atom. The van der Waals surface area contributed by atoms with Crippen LogP contribution >= 0.6 is 24.2 Å². The number of aromatic nitrogens is 2. The van der Waals surface area contributed by atoms with Gasteiger partial charge < -0.3 is 15.2 Å². The Morgan fingerprint density at radius 2 is 2.32 bits per heavy atom. The molecule has 2 N–H and O–H groups in total. The number of hydrogen-bond acceptors (Lipinski definition) is 6. The summed E-state index contributed by atoms with van der Waals surface area (Å²) >= 11 is 1.89. The molecule has 6 nitrogen and oxygen atoms in total. The van der Waals surface area contributed by atoms with E-state index in [2.05, 4.69) is 20.8 Å². The predicted octanol–water partition coefficient (Wildman–Crippen LogP) is 3.06. The van der Waals surface area contributed by atoms with E-state index in [9.17, 15) is 4.79 Å². The number of hydrogen-bond donors (Lipinski definition) is 2. The lowest BCUT2D eigenvalue weighted by molar-refractivity contribution is -0.116. The van der Waals surface area contributed by atoms with Crippen LogP contribution in [0.15, 0.2) is 22.7 Å². The number of benzene rings is 1. The van der Waals surface area contributed by atoms with E-state index in [1.165, 1.54) is 0 Å². The molecule has 0 bridgehead atoms. The van der Waals surface area contributed by atoms with Gasteiger partial charge in [0.1, 0.15) is 0 Å². The van der Waals surface area contributed by atoms with Crippen LogP contribution in [0.5, 0.6) is 0 Å². The van der Waals surface area contributed by atoms with Gasteiger partial charge in [0.15, 0.2) is 5.82 Å². The quantitative estimate of drug-likeness (QED) is 0.827. The van der Waals surface area contributed by atoms with Crippen molar-refractivity contribution in [2.75, 3.05) is 23.4 Å². The van der Waals surface area contributed by atoms with Gasteiger partial charge in [-0.25, -0.2) is 0 Å². The summed E-state index contributed by atoms with van der Waals surface area (Å²) < 4.78 is 5.28. The summed E-state index contributed by atoms with van der Waals surface area (Å²) in [5.41, 5.74) is 2.61. The van der Waals surface area contributed by atoms with Crippen molar-refractivity contribution in [3.8, 4) is 11.5 Å². The fraction of sp³-hybridized carbons (Fsp3) is 0.471. The lowest BCUT2D eigenvalue weighted by atomic mass is 10.1. The van der Waals surface area contributed by atoms with E-state index >= 15 is 0 Å². The molecule has 0 aliphatic carbocycles. The van der Waals surface area contributed by atoms with Crippen molar-refractivity contribution in [3.63, 3.8) is 0 Å². The Morgan fingerprint density at radius 1 is 1.48 bits per heavy atom. The molecule has 2 aromatic rings. The Balaban J connectivity index is 0.00000225. The van der Waals surface area contributed by atoms with E-state index in [0.717, 1.165) is 41.3 Å². The van der Waals surface area contributed by atoms with Gasteiger partial charge in [0.25, 0.3) is 5.89 Å². The fourth-order valence-corrected chi connectivity index (χ4v) is 3.53. The molecule has 136 valence electrons. The first-order valence-corrected chi connectivity index (χ1v) is 9.35. The molecule has 1 fully saturated rings. The third kappa shape index (κ3) is 5.20. The molecular formula is C17H23ClN4O2S. The van der Waals surface area contributed by atoms with Crippen LogP contribution < -0.4 is 10.6 Å². The smallest absolute Gasteiger partial charge is 0.257 e. The maximum atomic E-state index is 12.3. The molecule has 3 rings (SSSR count). The molecule has 1 atom stereocenters. The zero-order valence-corrected chi connectivity index (χ0v) is 16.0. The first kappa shape index (κ1) is 19.8. The first-order valence-electron chi connectivity index (χ1n) is 8.20. The summed E-state index contributed by atoms with van der Waals surface area (Å²) in [6, 6.07) is 6.02. The zero-order valence-electron chi connectivity index (χ0n) is 14.4. The number of aryl methyl sites for hydroxylation is 2. The average Bonchev–Trinajstić information content (AvgIpc) is 3.07. The number of nitrogens with zero attached hydrogens (tertiary/aromatic N) is 2. The Labute approximate surface area is 157 Å². The van der Waals surface area contributed by atoms with Crippen LogP contribution in [0.25, 0.3) is 11.5 Å². The highest BCUT2D eigenvalue weighted by Crippen LogP contribution is 2.25. The summed E-state index contributed by atoms with van der Waals surface area (Å²) in [7, 11) is 0. The minimum Gasteiger partial charge on any atom is -0.334 e. The summed E-state index contributed by atoms with van der Waals surface area (Å²) in [5.74, 6) is 3.27. The lowest BCUT2D eigenvalue weighted by Crippen LogP contribution is -2.39. The van der Waals surface area contributed by atoms with Gasteiger partial charge in [-0.3, -0.25) is 4.79 Å². The van der Waals surface area contributed by atoms with Crippen LogP contribution in [0.1, 0.15) is 24.7 Å². The van der Waals surface area contributed by atoms with Gasteiger partial charge in [-0.1, -0.05) is 18.1 Å². The Kier molecular flexibility index (Phi) is 7.28. The number of amides is 1. The van der Waals surface area contributed by atoms with Gasteiger partial charge >= 0.3 is 0 Å². The molecule has 1 aliphatic rings. The predicted molar refractivity (Wildman–Crippen MR) is 103 cm³/mol. The molecule has 1 aliphatic heterocycles. The third-order valence-corrected chi connectivity index (χ3v) is 5.10. The Hall–Kier alpha value is -1.57. The van der Waals surface area contributed by atoms with Crippen molar-refractivity contribution in [1.82, 2.24) is 15.5 Å². The minimum atomic E-state index is 0. The van der Waals surface area contributed by atoms with Crippen LogP contribution in [0, 0.1) is 6.92 Å². The van der Waals surface area contributed by atoms with Gasteiger partial charge in [-0.05, 0) is 24.6 Å². The molecule has 1 unspecified atom stereocenters. The molecule has 1 saturated heterocycles. The van der Waals surface area contributed by atoms with Crippen molar-refractivity contribution in [2.24, 2.45) is 0 Å². The second-order valence-electron chi connectivity index (χ2n) is 5.88. The molecule has 2 heterocycles. The minimum absolute atomic E-state index is 0. The van der Waals surface area contributed by atoms with E-state index in [-0.39, 0.29) is 24.4 Å². The molecule has 1 amide bonds. The van der Waals surface area contributed by atoms with Crippen molar-refractivity contribution >= 4 is 35.8 Å². The normalized spacial score (nSPS) is 17.0. The van der Waals surface area contributed by atoms with Crippen LogP contribution in [0.4, 0.5) is 5.69 Å². The highest BCUT2D eigenvalue weighted by Gasteiger charge is 2.17. The first-order chi connectivity index (χ1) is 11.7. The topological polar surface area (TPSA) is 80.0 Å². The molecule has 8 heteroatoms. The maximum Gasteiger partial charge on any atom is 0.257 e. The maximum absolute atomic E-state index is 12.3. The van der Waals surface area contributed by atoms with E-state index in [1.807, 2.05) is 43.8 Å². The number of thioether (sulfide) groups is 1. The molecule has 1 aromatic heterocycles. The van der Waals surface area contributed by atoms with Gasteiger partial charge in [-0.15, -0.1) is 12.4 Å². The molecule has 0 radical (unpaired) electrons. The molecule has 1 aromatic carbocycles. The number of carbonyl (C=O) groups is 1. The summed E-state index contributed by atoms with van der Waals surface area (Å²) in [6.07, 6.45) is 1.21. The van der Waals surface area contributed by atoms with Crippen LogP contribution in [0.3, 0.4) is 0 Å². The van der Waals surface area contributed by atoms with E-state index < -0.39 is 0 Å². The summed E-state index contributed by atoms with van der Waals surface area (Å²) in [4.78, 5) is 16.7. The van der Waals surface area contributed by atoms with E-state index in [1.54, 1.807) is 0 Å². The van der Waals surface area contributed by atoms with Gasteiger partial charge in [0.2, 0.25) is 5.91 Å². The second-order valence-corrected chi connectivity index (χ2v) is 7.03. The number of halogens is 1. The number of rotatable bonds is 5. The van der Waals surface area contributed by atoms with Gasteiger partial charge in [-0.2, -0.15) is 16.7 Å². The molecule has 0 spiro atoms. The number of carbonyl (C=O) groups excluding carboxylic acids is 1. The molecule has 0 saturated carbocycles. The summed E-state index contributed by atoms with van der Waals surface area (Å²) in [6.45, 7) is 4.92. The Bertz CT molecular complexity index is 716. The third-order valence-electron chi connectivity index (χ3n) is 3.97. The SMILES string of the molecule is CCc1noc(-c2ccc(C)c(NC(=O)CC3CSCCN3)c2)n1.Cl. The monoisotopic (exact) mass is 382 g/mol. The lowest BCUT2D eigenvalue weighted by Gasteiger charge is -2.22. The largest absolute Gasteiger partial charge is 0.334 e. The number of nitrogens with one attached hydrogen (secondary N) is 2. The van der Waals surface area contributed by atoms with Crippen molar-refractivity contribution < 1.29 is 9.32 Å². The van der Waals surface area contributed by atoms with Gasteiger partial charge in [0.05, 0.1) is 0 Å². The number of anilines is 1. The van der Waals surface area contributed by atoms with E-state index in [4.69, 9.17) is 4.52 Å². The van der Waals surface area contributed by atoms with E-state index in [0.29, 0.717) is 18.1 Å². The molecular weight excluding hydrogens is 360 g/mol. The molecule has 25 heavy (non-hydrogen) atoms. The standard InChI is InChI=1S/C17H22N4O2S.ClH/c1-3-15-20-17(23-21-15)12-5-4-11(2)14(8-12)19-16(22)9-13-10-24-7-6-18-13;/h4-5,8,13,18H,3,6-7,9-10H2,1-2H3,(H,19,22);1H. The van der Waals surface area contributed by atoms with Gasteiger partial charge in [0, 0.05) is 48.2 Å². The van der Waals surface area contributed by atoms with Crippen molar-refractivity contribution in [3.05, 3.63) is 29.6 Å². The van der Waals surface area contributed by atoms with Crippen molar-refractivity contribution in [1.29, 1.82) is 0 Å². The summed E-state index contributed by atoms with van der Waals surface area (Å²) in [5, 5.41) is 10.3. The highest BCUT2D eigenvalue weighted by molar-refractivity contribution is 7.99.